The second kappa shape index (κ2) is 5.31. The van der Waals surface area contributed by atoms with Gasteiger partial charge in [-0.25, -0.2) is 0 Å². The standard InChI is InChI=1S/C16H17NO2/c1-10(8-12(3)18)16(19)14-6-7-15-13(9-14)5-4-11(2)17-15/h4-7,9-10H,8H2,1-3H3. The van der Waals surface area contributed by atoms with Crippen molar-refractivity contribution < 1.29 is 9.59 Å². The van der Waals surface area contributed by atoms with Crippen LogP contribution in [0.4, 0.5) is 0 Å². The second-order valence-electron chi connectivity index (χ2n) is 5.03. The Balaban J connectivity index is 2.33. The first kappa shape index (κ1) is 13.4. The number of benzene rings is 1. The maximum absolute atomic E-state index is 12.2. The van der Waals surface area contributed by atoms with Crippen LogP contribution in [0.25, 0.3) is 10.9 Å². The average Bonchev–Trinajstić information content (AvgIpc) is 2.36. The maximum atomic E-state index is 12.2. The van der Waals surface area contributed by atoms with E-state index in [1.807, 2.05) is 31.2 Å². The fourth-order valence-electron chi connectivity index (χ4n) is 2.19. The van der Waals surface area contributed by atoms with Gasteiger partial charge in [0.1, 0.15) is 5.78 Å². The summed E-state index contributed by atoms with van der Waals surface area (Å²) >= 11 is 0. The molecule has 0 aliphatic heterocycles. The van der Waals surface area contributed by atoms with E-state index in [4.69, 9.17) is 0 Å². The summed E-state index contributed by atoms with van der Waals surface area (Å²) in [6.07, 6.45) is 0.295. The van der Waals surface area contributed by atoms with Crippen molar-refractivity contribution in [3.63, 3.8) is 0 Å². The lowest BCUT2D eigenvalue weighted by molar-refractivity contribution is -0.117. The van der Waals surface area contributed by atoms with Gasteiger partial charge in [0.15, 0.2) is 5.78 Å². The minimum Gasteiger partial charge on any atom is -0.300 e. The van der Waals surface area contributed by atoms with Gasteiger partial charge in [0.25, 0.3) is 0 Å². The molecule has 98 valence electrons. The lowest BCUT2D eigenvalue weighted by Gasteiger charge is -2.09. The van der Waals surface area contributed by atoms with Gasteiger partial charge in [-0.3, -0.25) is 9.78 Å². The number of carbonyl (C=O) groups is 2. The SMILES string of the molecule is CC(=O)CC(C)C(=O)c1ccc2nc(C)ccc2c1. The van der Waals surface area contributed by atoms with Gasteiger partial charge < -0.3 is 4.79 Å². The molecule has 2 rings (SSSR count). The minimum absolute atomic E-state index is 0.0117. The minimum atomic E-state index is -0.270. The molecule has 1 aromatic heterocycles. The van der Waals surface area contributed by atoms with E-state index in [0.29, 0.717) is 12.0 Å². The van der Waals surface area contributed by atoms with Gasteiger partial charge in [0, 0.05) is 29.0 Å². The highest BCUT2D eigenvalue weighted by molar-refractivity contribution is 6.02. The molecule has 3 nitrogen and oxygen atoms in total. The van der Waals surface area contributed by atoms with Gasteiger partial charge in [-0.1, -0.05) is 13.0 Å². The molecular formula is C16H17NO2. The summed E-state index contributed by atoms with van der Waals surface area (Å²) in [5.41, 5.74) is 2.49. The van der Waals surface area contributed by atoms with E-state index in [-0.39, 0.29) is 17.5 Å². The van der Waals surface area contributed by atoms with E-state index in [9.17, 15) is 9.59 Å². The Hall–Kier alpha value is -2.03. The summed E-state index contributed by atoms with van der Waals surface area (Å²) < 4.78 is 0. The Morgan fingerprint density at radius 3 is 2.63 bits per heavy atom. The molecule has 0 aliphatic rings. The van der Waals surface area contributed by atoms with E-state index in [2.05, 4.69) is 4.98 Å². The van der Waals surface area contributed by atoms with Gasteiger partial charge in [0.05, 0.1) is 5.52 Å². The maximum Gasteiger partial charge on any atom is 0.166 e. The highest BCUT2D eigenvalue weighted by Gasteiger charge is 2.17. The smallest absolute Gasteiger partial charge is 0.166 e. The van der Waals surface area contributed by atoms with Gasteiger partial charge in [-0.2, -0.15) is 0 Å². The molecule has 3 heteroatoms. The van der Waals surface area contributed by atoms with Gasteiger partial charge in [-0.05, 0) is 38.1 Å². The molecule has 0 N–H and O–H groups in total. The van der Waals surface area contributed by atoms with Crippen LogP contribution < -0.4 is 0 Å². The number of fused-ring (bicyclic) bond motifs is 1. The van der Waals surface area contributed by atoms with Crippen molar-refractivity contribution in [3.8, 4) is 0 Å². The Bertz CT molecular complexity index is 646. The number of hydrogen-bond acceptors (Lipinski definition) is 3. The first-order valence-electron chi connectivity index (χ1n) is 6.38. The number of pyridine rings is 1. The van der Waals surface area contributed by atoms with Crippen molar-refractivity contribution in [1.29, 1.82) is 0 Å². The van der Waals surface area contributed by atoms with Crippen molar-refractivity contribution in [2.24, 2.45) is 5.92 Å². The van der Waals surface area contributed by atoms with Gasteiger partial charge in [0.2, 0.25) is 0 Å². The van der Waals surface area contributed by atoms with Gasteiger partial charge in [-0.15, -0.1) is 0 Å². The third-order valence-corrected chi connectivity index (χ3v) is 3.15. The largest absolute Gasteiger partial charge is 0.300 e. The molecule has 0 saturated carbocycles. The molecule has 1 atom stereocenters. The Kier molecular flexibility index (Phi) is 3.74. The molecule has 19 heavy (non-hydrogen) atoms. The topological polar surface area (TPSA) is 47.0 Å². The van der Waals surface area contributed by atoms with Crippen LogP contribution in [0, 0.1) is 12.8 Å². The highest BCUT2D eigenvalue weighted by Crippen LogP contribution is 2.18. The van der Waals surface area contributed by atoms with Crippen molar-refractivity contribution in [2.75, 3.05) is 0 Å². The fraction of sp³-hybridized carbons (Fsp3) is 0.312. The van der Waals surface area contributed by atoms with Crippen molar-refractivity contribution >= 4 is 22.5 Å². The molecule has 0 spiro atoms. The number of aryl methyl sites for hydroxylation is 1. The highest BCUT2D eigenvalue weighted by atomic mass is 16.1. The predicted molar refractivity (Wildman–Crippen MR) is 75.3 cm³/mol. The number of Topliss-reactive ketones (excluding diaryl/α,β-unsaturated/α-hetero) is 2. The van der Waals surface area contributed by atoms with Crippen molar-refractivity contribution in [2.45, 2.75) is 27.2 Å². The molecule has 2 aromatic rings. The molecular weight excluding hydrogens is 238 g/mol. The first-order chi connectivity index (χ1) is 8.97. The normalized spacial score (nSPS) is 12.4. The second-order valence-corrected chi connectivity index (χ2v) is 5.03. The van der Waals surface area contributed by atoms with Crippen molar-refractivity contribution in [1.82, 2.24) is 4.98 Å². The summed E-state index contributed by atoms with van der Waals surface area (Å²) in [6.45, 7) is 5.24. The van der Waals surface area contributed by atoms with Gasteiger partial charge >= 0.3 is 0 Å². The number of nitrogens with zero attached hydrogens (tertiary/aromatic N) is 1. The molecule has 0 radical (unpaired) electrons. The van der Waals surface area contributed by atoms with E-state index >= 15 is 0 Å². The van der Waals surface area contributed by atoms with Crippen LogP contribution in [-0.2, 0) is 4.79 Å². The zero-order valence-electron chi connectivity index (χ0n) is 11.4. The van der Waals surface area contributed by atoms with Crippen molar-refractivity contribution in [3.05, 3.63) is 41.6 Å². The number of ketones is 2. The third kappa shape index (κ3) is 3.05. The molecule has 1 heterocycles. The quantitative estimate of drug-likeness (QED) is 0.787. The lowest BCUT2D eigenvalue weighted by Crippen LogP contribution is -2.14. The lowest BCUT2D eigenvalue weighted by atomic mass is 9.94. The first-order valence-corrected chi connectivity index (χ1v) is 6.38. The van der Waals surface area contributed by atoms with Crippen LogP contribution in [0.1, 0.15) is 36.3 Å². The zero-order chi connectivity index (χ0) is 14.0. The van der Waals surface area contributed by atoms with Crippen LogP contribution in [0.3, 0.4) is 0 Å². The number of aromatic nitrogens is 1. The van der Waals surface area contributed by atoms with Crippen LogP contribution >= 0.6 is 0 Å². The Labute approximate surface area is 112 Å². The summed E-state index contributed by atoms with van der Waals surface area (Å²) in [6, 6.07) is 9.38. The number of rotatable bonds is 4. The summed E-state index contributed by atoms with van der Waals surface area (Å²) in [4.78, 5) is 27.7. The van der Waals surface area contributed by atoms with Crippen LogP contribution in [0.5, 0.6) is 0 Å². The molecule has 0 saturated heterocycles. The Morgan fingerprint density at radius 1 is 1.21 bits per heavy atom. The van der Waals surface area contributed by atoms with Crippen LogP contribution in [0.2, 0.25) is 0 Å². The predicted octanol–water partition coefficient (Wildman–Crippen LogP) is 3.34. The zero-order valence-corrected chi connectivity index (χ0v) is 11.4. The molecule has 0 amide bonds. The van der Waals surface area contributed by atoms with E-state index < -0.39 is 0 Å². The average molecular weight is 255 g/mol. The van der Waals surface area contributed by atoms with E-state index in [1.165, 1.54) is 6.92 Å². The van der Waals surface area contributed by atoms with E-state index in [0.717, 1.165) is 16.6 Å². The van der Waals surface area contributed by atoms with Crippen LogP contribution in [0.15, 0.2) is 30.3 Å². The molecule has 0 aliphatic carbocycles. The summed E-state index contributed by atoms with van der Waals surface area (Å²) in [5, 5.41) is 0.950. The Morgan fingerprint density at radius 2 is 1.95 bits per heavy atom. The fourth-order valence-corrected chi connectivity index (χ4v) is 2.19. The van der Waals surface area contributed by atoms with E-state index in [1.54, 1.807) is 13.0 Å². The summed E-state index contributed by atoms with van der Waals surface area (Å²) in [7, 11) is 0. The molecule has 1 aromatic carbocycles. The number of carbonyl (C=O) groups excluding carboxylic acids is 2. The molecule has 0 fully saturated rings. The third-order valence-electron chi connectivity index (χ3n) is 3.15. The molecule has 0 bridgehead atoms. The van der Waals surface area contributed by atoms with Crippen LogP contribution in [-0.4, -0.2) is 16.6 Å². The number of hydrogen-bond donors (Lipinski definition) is 0. The monoisotopic (exact) mass is 255 g/mol. The summed E-state index contributed by atoms with van der Waals surface area (Å²) in [5.74, 6) is -0.218. The molecule has 1 unspecified atom stereocenters.